The summed E-state index contributed by atoms with van der Waals surface area (Å²) >= 11 is 9.28. The number of benzene rings is 1. The molecule has 1 saturated heterocycles. The van der Waals surface area contributed by atoms with Gasteiger partial charge in [-0.05, 0) is 53.7 Å². The lowest BCUT2D eigenvalue weighted by Crippen LogP contribution is -2.44. The van der Waals surface area contributed by atoms with E-state index in [0.717, 1.165) is 35.8 Å². The molecule has 1 fully saturated rings. The quantitative estimate of drug-likeness (QED) is 0.765. The number of carbonyl (C=O) groups is 1. The Hall–Kier alpha value is -0.540. The minimum Gasteiger partial charge on any atom is -0.336 e. The van der Waals surface area contributed by atoms with E-state index in [1.807, 2.05) is 29.2 Å². The summed E-state index contributed by atoms with van der Waals surface area (Å²) in [5, 5.41) is 0. The van der Waals surface area contributed by atoms with Crippen molar-refractivity contribution in [3.05, 3.63) is 34.3 Å². The van der Waals surface area contributed by atoms with Crippen LogP contribution in [0.25, 0.3) is 0 Å². The predicted molar refractivity (Wildman–Crippen MR) is 78.2 cm³/mol. The molecule has 2 nitrogen and oxygen atoms in total. The van der Waals surface area contributed by atoms with Gasteiger partial charge >= 0.3 is 0 Å². The first-order chi connectivity index (χ1) is 8.74. The van der Waals surface area contributed by atoms with Crippen molar-refractivity contribution in [1.29, 1.82) is 0 Å². The minimum absolute atomic E-state index is 0.122. The van der Waals surface area contributed by atoms with E-state index < -0.39 is 0 Å². The Bertz CT molecular complexity index is 422. The van der Waals surface area contributed by atoms with E-state index in [9.17, 15) is 4.79 Å². The second-order valence-electron chi connectivity index (χ2n) is 4.61. The average molecular weight is 331 g/mol. The molecular formula is C14H17BrClNO. The number of amides is 1. The predicted octanol–water partition coefficient (Wildman–Crippen LogP) is 4.07. The van der Waals surface area contributed by atoms with Crippen LogP contribution < -0.4 is 0 Å². The number of rotatable bonds is 3. The molecule has 0 bridgehead atoms. The van der Waals surface area contributed by atoms with Gasteiger partial charge in [-0.2, -0.15) is 0 Å². The van der Waals surface area contributed by atoms with E-state index in [-0.39, 0.29) is 5.91 Å². The van der Waals surface area contributed by atoms with Crippen LogP contribution in [-0.2, 0) is 0 Å². The summed E-state index contributed by atoms with van der Waals surface area (Å²) in [6.07, 6.45) is 4.25. The standard InChI is InChI=1S/C14H17BrClNO/c15-13-7-2-1-6-12(13)14(18)17-10-4-3-5-11(17)8-9-16/h1-2,6-7,11H,3-5,8-10H2. The highest BCUT2D eigenvalue weighted by Gasteiger charge is 2.27. The maximum absolute atomic E-state index is 12.6. The van der Waals surface area contributed by atoms with E-state index in [0.29, 0.717) is 11.9 Å². The van der Waals surface area contributed by atoms with Crippen LogP contribution in [-0.4, -0.2) is 29.3 Å². The highest BCUT2D eigenvalue weighted by molar-refractivity contribution is 9.10. The lowest BCUT2D eigenvalue weighted by molar-refractivity contribution is 0.0608. The number of nitrogens with zero attached hydrogens (tertiary/aromatic N) is 1. The van der Waals surface area contributed by atoms with Gasteiger partial charge in [-0.1, -0.05) is 12.1 Å². The van der Waals surface area contributed by atoms with Crippen LogP contribution in [0, 0.1) is 0 Å². The first-order valence-corrected chi connectivity index (χ1v) is 7.68. The maximum atomic E-state index is 12.6. The van der Waals surface area contributed by atoms with Gasteiger partial charge in [0.25, 0.3) is 5.91 Å². The van der Waals surface area contributed by atoms with Crippen molar-refractivity contribution in [2.75, 3.05) is 12.4 Å². The highest BCUT2D eigenvalue weighted by Crippen LogP contribution is 2.25. The zero-order valence-corrected chi connectivity index (χ0v) is 12.6. The van der Waals surface area contributed by atoms with E-state index in [2.05, 4.69) is 15.9 Å². The van der Waals surface area contributed by atoms with Crippen molar-refractivity contribution in [2.45, 2.75) is 31.7 Å². The molecule has 0 spiro atoms. The number of likely N-dealkylation sites (tertiary alicyclic amines) is 1. The van der Waals surface area contributed by atoms with Crippen LogP contribution in [0.1, 0.15) is 36.0 Å². The summed E-state index contributed by atoms with van der Waals surface area (Å²) in [5.41, 5.74) is 0.749. The van der Waals surface area contributed by atoms with Crippen LogP contribution in [0.15, 0.2) is 28.7 Å². The monoisotopic (exact) mass is 329 g/mol. The maximum Gasteiger partial charge on any atom is 0.255 e. The number of hydrogen-bond donors (Lipinski definition) is 0. The van der Waals surface area contributed by atoms with Gasteiger partial charge in [0, 0.05) is 22.9 Å². The Morgan fingerprint density at radius 3 is 2.89 bits per heavy atom. The Morgan fingerprint density at radius 1 is 1.39 bits per heavy atom. The van der Waals surface area contributed by atoms with Gasteiger partial charge in [-0.3, -0.25) is 4.79 Å². The fourth-order valence-electron chi connectivity index (χ4n) is 2.48. The largest absolute Gasteiger partial charge is 0.336 e. The summed E-state index contributed by atoms with van der Waals surface area (Å²) in [6, 6.07) is 7.91. The Labute approximate surface area is 121 Å². The molecule has 1 unspecified atom stereocenters. The number of hydrogen-bond acceptors (Lipinski definition) is 1. The fourth-order valence-corrected chi connectivity index (χ4v) is 3.19. The summed E-state index contributed by atoms with van der Waals surface area (Å²) in [7, 11) is 0. The van der Waals surface area contributed by atoms with E-state index in [1.54, 1.807) is 0 Å². The SMILES string of the molecule is O=C(c1ccccc1Br)N1CCCCC1CCCl. The molecule has 1 heterocycles. The molecule has 1 aromatic rings. The molecule has 0 radical (unpaired) electrons. The molecule has 0 saturated carbocycles. The molecule has 0 aliphatic carbocycles. The molecule has 1 amide bonds. The normalized spacial score (nSPS) is 19.9. The molecule has 2 rings (SSSR count). The lowest BCUT2D eigenvalue weighted by Gasteiger charge is -2.35. The Morgan fingerprint density at radius 2 is 2.17 bits per heavy atom. The molecule has 0 aromatic heterocycles. The number of halogens is 2. The third-order valence-corrected chi connectivity index (χ3v) is 4.34. The fraction of sp³-hybridized carbons (Fsp3) is 0.500. The van der Waals surface area contributed by atoms with E-state index in [1.165, 1.54) is 6.42 Å². The molecule has 4 heteroatoms. The Balaban J connectivity index is 2.18. The highest BCUT2D eigenvalue weighted by atomic mass is 79.9. The number of carbonyl (C=O) groups excluding carboxylic acids is 1. The molecule has 0 N–H and O–H groups in total. The van der Waals surface area contributed by atoms with Crippen molar-refractivity contribution < 1.29 is 4.79 Å². The smallest absolute Gasteiger partial charge is 0.255 e. The average Bonchev–Trinajstić information content (AvgIpc) is 2.40. The molecule has 1 aromatic carbocycles. The second-order valence-corrected chi connectivity index (χ2v) is 5.84. The molecular weight excluding hydrogens is 314 g/mol. The first-order valence-electron chi connectivity index (χ1n) is 6.35. The molecule has 18 heavy (non-hydrogen) atoms. The van der Waals surface area contributed by atoms with Crippen LogP contribution in [0.2, 0.25) is 0 Å². The van der Waals surface area contributed by atoms with Gasteiger partial charge in [0.2, 0.25) is 0 Å². The summed E-state index contributed by atoms with van der Waals surface area (Å²) < 4.78 is 0.866. The van der Waals surface area contributed by atoms with Crippen molar-refractivity contribution in [2.24, 2.45) is 0 Å². The molecule has 1 aliphatic rings. The van der Waals surface area contributed by atoms with Crippen molar-refractivity contribution >= 4 is 33.4 Å². The topological polar surface area (TPSA) is 20.3 Å². The first kappa shape index (κ1) is 13.9. The van der Waals surface area contributed by atoms with Crippen LogP contribution in [0.5, 0.6) is 0 Å². The third-order valence-electron chi connectivity index (χ3n) is 3.43. The zero-order valence-electron chi connectivity index (χ0n) is 10.2. The number of alkyl halides is 1. The van der Waals surface area contributed by atoms with Crippen LogP contribution in [0.3, 0.4) is 0 Å². The molecule has 1 aliphatic heterocycles. The second kappa shape index (κ2) is 6.58. The van der Waals surface area contributed by atoms with Gasteiger partial charge in [0.05, 0.1) is 5.56 Å². The van der Waals surface area contributed by atoms with E-state index in [4.69, 9.17) is 11.6 Å². The van der Waals surface area contributed by atoms with Crippen molar-refractivity contribution in [3.63, 3.8) is 0 Å². The van der Waals surface area contributed by atoms with Crippen molar-refractivity contribution in [3.8, 4) is 0 Å². The van der Waals surface area contributed by atoms with Gasteiger partial charge in [0.15, 0.2) is 0 Å². The summed E-state index contributed by atoms with van der Waals surface area (Å²) in [4.78, 5) is 14.6. The minimum atomic E-state index is 0.122. The zero-order chi connectivity index (χ0) is 13.0. The van der Waals surface area contributed by atoms with Gasteiger partial charge < -0.3 is 4.90 Å². The van der Waals surface area contributed by atoms with Gasteiger partial charge in [0.1, 0.15) is 0 Å². The van der Waals surface area contributed by atoms with Crippen LogP contribution >= 0.6 is 27.5 Å². The summed E-state index contributed by atoms with van der Waals surface area (Å²) in [6.45, 7) is 0.849. The van der Waals surface area contributed by atoms with Crippen molar-refractivity contribution in [1.82, 2.24) is 4.90 Å². The third kappa shape index (κ3) is 3.07. The lowest BCUT2D eigenvalue weighted by atomic mass is 9.99. The molecule has 1 atom stereocenters. The van der Waals surface area contributed by atoms with E-state index >= 15 is 0 Å². The Kier molecular flexibility index (Phi) is 5.07. The van der Waals surface area contributed by atoms with Gasteiger partial charge in [-0.25, -0.2) is 0 Å². The number of piperidine rings is 1. The van der Waals surface area contributed by atoms with Crippen LogP contribution in [0.4, 0.5) is 0 Å². The molecule has 98 valence electrons. The summed E-state index contributed by atoms with van der Waals surface area (Å²) in [5.74, 6) is 0.738. The van der Waals surface area contributed by atoms with Gasteiger partial charge in [-0.15, -0.1) is 11.6 Å².